The summed E-state index contributed by atoms with van der Waals surface area (Å²) in [4.78, 5) is 39.9. The number of hydrogen-bond acceptors (Lipinski definition) is 7. The molecule has 1 aliphatic carbocycles. The smallest absolute Gasteiger partial charge is 0.301 e. The fourth-order valence-corrected chi connectivity index (χ4v) is 6.37. The molecular weight excluding hydrogens is 556 g/mol. The maximum atomic E-state index is 16.0. The van der Waals surface area contributed by atoms with Gasteiger partial charge < -0.3 is 19.6 Å². The topological polar surface area (TPSA) is 101 Å². The zero-order valence-corrected chi connectivity index (χ0v) is 23.7. The molecule has 2 unspecified atom stereocenters. The van der Waals surface area contributed by atoms with Gasteiger partial charge in [-0.25, -0.2) is 13.8 Å². The monoisotopic (exact) mass is 585 g/mol. The van der Waals surface area contributed by atoms with Crippen LogP contribution in [-0.2, 0) is 4.79 Å². The second-order valence-corrected chi connectivity index (χ2v) is 11.4. The van der Waals surface area contributed by atoms with Crippen LogP contribution >= 0.6 is 0 Å². The molecule has 220 valence electrons. The van der Waals surface area contributed by atoms with Gasteiger partial charge in [0, 0.05) is 36.6 Å². The zero-order chi connectivity index (χ0) is 30.2. The number of aromatic nitrogens is 3. The molecule has 2 aliphatic heterocycles. The maximum absolute atomic E-state index is 16.0. The highest BCUT2D eigenvalue weighted by molar-refractivity contribution is 5.97. The van der Waals surface area contributed by atoms with E-state index in [9.17, 15) is 14.7 Å². The minimum atomic E-state index is -0.874. The van der Waals surface area contributed by atoms with Crippen molar-refractivity contribution in [2.45, 2.75) is 44.7 Å². The highest BCUT2D eigenvalue weighted by Gasteiger charge is 2.41. The maximum Gasteiger partial charge on any atom is 0.301 e. The van der Waals surface area contributed by atoms with Gasteiger partial charge in [0.15, 0.2) is 11.5 Å². The van der Waals surface area contributed by atoms with Crippen LogP contribution in [0.25, 0.3) is 28.0 Å². The number of phenols is 1. The van der Waals surface area contributed by atoms with E-state index in [1.54, 1.807) is 17.2 Å². The highest BCUT2D eigenvalue weighted by atomic mass is 19.1. The van der Waals surface area contributed by atoms with E-state index in [0.717, 1.165) is 30.2 Å². The number of hydrogen-bond donors (Lipinski definition) is 1. The number of aryl methyl sites for hydroxylation is 1. The van der Waals surface area contributed by atoms with E-state index in [4.69, 9.17) is 4.74 Å². The number of ether oxygens (including phenoxy) is 1. The molecule has 2 atom stereocenters. The van der Waals surface area contributed by atoms with Gasteiger partial charge in [-0.15, -0.1) is 0 Å². The van der Waals surface area contributed by atoms with Crippen LogP contribution in [0, 0.1) is 18.6 Å². The van der Waals surface area contributed by atoms with Crippen LogP contribution in [0.2, 0.25) is 0 Å². The van der Waals surface area contributed by atoms with Crippen LogP contribution < -0.4 is 15.2 Å². The van der Waals surface area contributed by atoms with Crippen molar-refractivity contribution in [1.82, 2.24) is 19.4 Å². The third-order valence-corrected chi connectivity index (χ3v) is 8.61. The van der Waals surface area contributed by atoms with Gasteiger partial charge in [0.1, 0.15) is 23.9 Å². The molecule has 4 aromatic rings. The lowest BCUT2D eigenvalue weighted by molar-refractivity contribution is -0.129. The number of aromatic hydroxyl groups is 1. The molecule has 0 bridgehead atoms. The summed E-state index contributed by atoms with van der Waals surface area (Å²) in [7, 11) is 0. The summed E-state index contributed by atoms with van der Waals surface area (Å²) in [6.07, 6.45) is 4.80. The largest absolute Gasteiger partial charge is 0.507 e. The predicted octanol–water partition coefficient (Wildman–Crippen LogP) is 4.60. The van der Waals surface area contributed by atoms with E-state index in [1.807, 2.05) is 18.7 Å². The van der Waals surface area contributed by atoms with E-state index in [2.05, 4.69) is 16.5 Å². The molecule has 1 saturated carbocycles. The number of halogens is 2. The fraction of sp³-hybridized carbons (Fsp3) is 0.312. The number of fused-ring (bicyclic) bond motifs is 5. The summed E-state index contributed by atoms with van der Waals surface area (Å²) in [6, 6.07) is 6.14. The Bertz CT molecular complexity index is 1880. The Balaban J connectivity index is 1.54. The molecule has 5 heterocycles. The first-order valence-electron chi connectivity index (χ1n) is 14.2. The number of anilines is 1. The second kappa shape index (κ2) is 9.89. The minimum Gasteiger partial charge on any atom is -0.507 e. The van der Waals surface area contributed by atoms with Crippen molar-refractivity contribution >= 4 is 22.6 Å². The number of piperazine rings is 1. The van der Waals surface area contributed by atoms with Crippen LogP contribution in [0.15, 0.2) is 54.0 Å². The number of phenolic OH excluding ortho intramolecular Hbond substituents is 1. The molecule has 11 heteroatoms. The molecule has 1 amide bonds. The molecule has 3 aliphatic rings. The molecule has 0 radical (unpaired) electrons. The quantitative estimate of drug-likeness (QED) is 0.350. The number of benzene rings is 1. The van der Waals surface area contributed by atoms with Crippen molar-refractivity contribution < 1.29 is 23.4 Å². The Morgan fingerprint density at radius 1 is 1.16 bits per heavy atom. The van der Waals surface area contributed by atoms with Gasteiger partial charge in [-0.05, 0) is 62.6 Å². The van der Waals surface area contributed by atoms with Gasteiger partial charge >= 0.3 is 5.56 Å². The van der Waals surface area contributed by atoms with Crippen LogP contribution in [0.4, 0.5) is 14.5 Å². The first-order valence-corrected chi connectivity index (χ1v) is 14.2. The van der Waals surface area contributed by atoms with E-state index >= 15 is 8.78 Å². The van der Waals surface area contributed by atoms with Crippen molar-refractivity contribution in [2.75, 3.05) is 24.6 Å². The third-order valence-electron chi connectivity index (χ3n) is 8.61. The first-order chi connectivity index (χ1) is 20.7. The number of carbonyl (C=O) groups excluding carboxylic acids is 1. The zero-order valence-electron chi connectivity index (χ0n) is 23.7. The SMILES string of the molecule is C=CC(=O)N1CC2COc3c(c4cc(F)c(-c5c(O)cccc5F)nc4n(-c4c(C)ccnc4C4CC4)c3=O)N2CC1C. The second-order valence-electron chi connectivity index (χ2n) is 11.4. The van der Waals surface area contributed by atoms with Crippen molar-refractivity contribution in [3.8, 4) is 28.4 Å². The van der Waals surface area contributed by atoms with E-state index in [-0.39, 0.29) is 47.3 Å². The van der Waals surface area contributed by atoms with Crippen molar-refractivity contribution in [3.63, 3.8) is 0 Å². The average Bonchev–Trinajstić information content (AvgIpc) is 3.83. The summed E-state index contributed by atoms with van der Waals surface area (Å²) >= 11 is 0. The summed E-state index contributed by atoms with van der Waals surface area (Å²) in [5.41, 5.74) is 1.16. The Hall–Kier alpha value is -4.80. The Morgan fingerprint density at radius 3 is 2.67 bits per heavy atom. The summed E-state index contributed by atoms with van der Waals surface area (Å²) in [5.74, 6) is -2.21. The Kier molecular flexibility index (Phi) is 6.22. The summed E-state index contributed by atoms with van der Waals surface area (Å²) in [5, 5.41) is 10.8. The highest BCUT2D eigenvalue weighted by Crippen LogP contribution is 2.45. The van der Waals surface area contributed by atoms with Crippen molar-refractivity contribution in [2.24, 2.45) is 0 Å². The molecule has 3 aromatic heterocycles. The van der Waals surface area contributed by atoms with Gasteiger partial charge in [-0.1, -0.05) is 12.6 Å². The molecule has 1 saturated heterocycles. The molecule has 1 N–H and O–H groups in total. The number of pyridine rings is 3. The van der Waals surface area contributed by atoms with Gasteiger partial charge in [-0.2, -0.15) is 0 Å². The van der Waals surface area contributed by atoms with Crippen LogP contribution in [0.5, 0.6) is 11.5 Å². The molecule has 7 rings (SSSR count). The molecule has 9 nitrogen and oxygen atoms in total. The Morgan fingerprint density at radius 2 is 1.95 bits per heavy atom. The molecular formula is C32H29F2N5O4. The first kappa shape index (κ1) is 27.1. The lowest BCUT2D eigenvalue weighted by Gasteiger charge is -2.48. The lowest BCUT2D eigenvalue weighted by Crippen LogP contribution is -2.62. The van der Waals surface area contributed by atoms with Gasteiger partial charge in [0.25, 0.3) is 0 Å². The minimum absolute atomic E-state index is 0.0483. The number of nitrogens with zero attached hydrogens (tertiary/aromatic N) is 5. The van der Waals surface area contributed by atoms with Gasteiger partial charge in [0.05, 0.1) is 28.7 Å². The van der Waals surface area contributed by atoms with Crippen LogP contribution in [-0.4, -0.2) is 62.2 Å². The number of amides is 1. The molecule has 0 spiro atoms. The third kappa shape index (κ3) is 4.16. The van der Waals surface area contributed by atoms with E-state index in [0.29, 0.717) is 24.5 Å². The normalized spacial score (nSPS) is 19.5. The van der Waals surface area contributed by atoms with Crippen molar-refractivity contribution in [3.05, 3.63) is 82.4 Å². The molecule has 2 fully saturated rings. The average molecular weight is 586 g/mol. The Labute approximate surface area is 245 Å². The van der Waals surface area contributed by atoms with Crippen molar-refractivity contribution in [1.29, 1.82) is 0 Å². The fourth-order valence-electron chi connectivity index (χ4n) is 6.37. The summed E-state index contributed by atoms with van der Waals surface area (Å²) < 4.78 is 38.6. The standard InChI is InChI=1S/C32H29F2N5O4/c1-4-24(41)37-14-19-15-43-30-29(38(19)13-17(37)3)20-12-22(34)27(25-21(33)6-5-7-23(25)40)36-31(20)39(32(30)42)28-16(2)10-11-35-26(28)18-8-9-18/h4-7,10-12,17-19,40H,1,8-9,13-15H2,2-3H3. The van der Waals surface area contributed by atoms with Crippen LogP contribution in [0.1, 0.15) is 36.9 Å². The summed E-state index contributed by atoms with van der Waals surface area (Å²) in [6.45, 7) is 8.18. The van der Waals surface area contributed by atoms with Crippen LogP contribution in [0.3, 0.4) is 0 Å². The van der Waals surface area contributed by atoms with Gasteiger partial charge in [-0.3, -0.25) is 19.1 Å². The van der Waals surface area contributed by atoms with E-state index < -0.39 is 34.2 Å². The van der Waals surface area contributed by atoms with Gasteiger partial charge in [0.2, 0.25) is 11.7 Å². The lowest BCUT2D eigenvalue weighted by atomic mass is 10.0. The predicted molar refractivity (Wildman–Crippen MR) is 157 cm³/mol. The van der Waals surface area contributed by atoms with E-state index in [1.165, 1.54) is 28.8 Å². The molecule has 1 aromatic carbocycles. The number of carbonyl (C=O) groups is 1. The number of rotatable bonds is 4. The molecule has 43 heavy (non-hydrogen) atoms.